The Labute approximate surface area is 162 Å². The van der Waals surface area contributed by atoms with Crippen LogP contribution in [0.15, 0.2) is 0 Å². The predicted molar refractivity (Wildman–Crippen MR) is 136 cm³/mol. The van der Waals surface area contributed by atoms with Crippen LogP contribution < -0.4 is 31.2 Å². The van der Waals surface area contributed by atoms with Gasteiger partial charge in [-0.25, -0.2) is 0 Å². The number of fused-ring (bicyclic) bond motifs is 1. The van der Waals surface area contributed by atoms with E-state index in [0.717, 1.165) is 11.5 Å². The molecule has 1 N–H and O–H groups in total. The Morgan fingerprint density at radius 2 is 1.24 bits per heavy atom. The third-order valence-corrected chi connectivity index (χ3v) is 5.77. The molecule has 13 heteroatoms. The van der Waals surface area contributed by atoms with Gasteiger partial charge in [0, 0.05) is 0 Å². The highest BCUT2D eigenvalue weighted by Crippen LogP contribution is 2.36. The van der Waals surface area contributed by atoms with Crippen LogP contribution in [0.1, 0.15) is 19.4 Å². The lowest BCUT2D eigenvalue weighted by Crippen LogP contribution is -2.69. The molecule has 1 aromatic rings. The Kier molecular flexibility index (Phi) is 4.95. The predicted octanol–water partition coefficient (Wildman–Crippen LogP) is -10.6. The fourth-order valence-electron chi connectivity index (χ4n) is 4.20. The smallest absolute Gasteiger partial charge is 0.197 e. The van der Waals surface area contributed by atoms with Crippen molar-refractivity contribution in [3.63, 3.8) is 0 Å². The zero-order chi connectivity index (χ0) is 19.6. The van der Waals surface area contributed by atoms with E-state index in [0.29, 0.717) is 0 Å². The fraction of sp³-hybridized carbons (Fsp3) is 0.500. The zero-order valence-corrected chi connectivity index (χ0v) is 18.3. The molecule has 1 aromatic carbocycles. The quantitative estimate of drug-likeness (QED) is 0.558. The lowest BCUT2D eigenvalue weighted by molar-refractivity contribution is 0.0844. The molecule has 0 bridgehead atoms. The minimum atomic E-state index is -0.605. The summed E-state index contributed by atoms with van der Waals surface area (Å²) in [5.41, 5.74) is 4.32. The number of ether oxygens (including phenoxy) is 2. The molecular formula is C12H27B10NO2. The minimum Gasteiger partial charge on any atom is -0.467 e. The average Bonchev–Trinajstić information content (AvgIpc) is 2.69. The average molecular weight is 325 g/mol. The highest BCUT2D eigenvalue weighted by Gasteiger charge is 2.44. The van der Waals surface area contributed by atoms with Crippen molar-refractivity contribution < 1.29 is 9.47 Å². The van der Waals surface area contributed by atoms with E-state index in [-0.39, 0.29) is 16.0 Å². The summed E-state index contributed by atoms with van der Waals surface area (Å²) in [6, 6.07) is 0. The molecule has 0 fully saturated rings. The van der Waals surface area contributed by atoms with Crippen LogP contribution in [0.5, 0.6) is 11.5 Å². The SMILES string of the molecule is Bc1c(B)c(C(B)(B)C(B)(C)NC(B)(B)C)c(B)c2c1OC(B)(B)O2. The van der Waals surface area contributed by atoms with E-state index in [1.165, 1.54) is 22.0 Å². The van der Waals surface area contributed by atoms with E-state index >= 15 is 0 Å². The number of hydrogen-bond donors (Lipinski definition) is 1. The van der Waals surface area contributed by atoms with E-state index in [1.807, 2.05) is 15.7 Å². The lowest BCUT2D eigenvalue weighted by Gasteiger charge is -2.49. The first-order chi connectivity index (χ1) is 11.0. The van der Waals surface area contributed by atoms with Crippen molar-refractivity contribution >= 4 is 94.9 Å². The maximum absolute atomic E-state index is 6.17. The van der Waals surface area contributed by atoms with Crippen LogP contribution in [0, 0.1) is 0 Å². The molecule has 0 saturated heterocycles. The number of benzene rings is 1. The summed E-state index contributed by atoms with van der Waals surface area (Å²) >= 11 is 0. The first-order valence-corrected chi connectivity index (χ1v) is 9.32. The molecule has 1 atom stereocenters. The van der Waals surface area contributed by atoms with Gasteiger partial charge in [0.15, 0.2) is 32.8 Å². The van der Waals surface area contributed by atoms with E-state index in [1.54, 1.807) is 0 Å². The monoisotopic (exact) mass is 327 g/mol. The Morgan fingerprint density at radius 1 is 0.800 bits per heavy atom. The maximum Gasteiger partial charge on any atom is 0.197 e. The van der Waals surface area contributed by atoms with Crippen LogP contribution in [0.3, 0.4) is 0 Å². The second-order valence-electron chi connectivity index (χ2n) is 10.1. The second-order valence-corrected chi connectivity index (χ2v) is 10.1. The summed E-state index contributed by atoms with van der Waals surface area (Å²) in [7, 11) is 21.8. The number of nitrogens with one attached hydrogen (secondary N) is 1. The van der Waals surface area contributed by atoms with Gasteiger partial charge in [-0.1, -0.05) is 30.1 Å². The van der Waals surface area contributed by atoms with Crippen molar-refractivity contribution in [2.24, 2.45) is 0 Å². The third kappa shape index (κ3) is 3.63. The summed E-state index contributed by atoms with van der Waals surface area (Å²) in [6.07, 6.45) is 0. The molecule has 0 aliphatic carbocycles. The van der Waals surface area contributed by atoms with Crippen molar-refractivity contribution in [1.29, 1.82) is 0 Å². The Bertz CT molecular complexity index is 713. The van der Waals surface area contributed by atoms with Gasteiger partial charge in [-0.2, -0.15) is 0 Å². The standard InChI is InChI=1S/C12H27B10NO2/c1-9(16,23-10(2,17)18)11(19,20)3-4(13)6(15)8-7(5(3)14)24-12(21,22)25-8/h23H,13-22H2,1-2H3. The van der Waals surface area contributed by atoms with Gasteiger partial charge in [0.1, 0.15) is 62.8 Å². The molecule has 1 heterocycles. The molecule has 0 saturated carbocycles. The molecule has 1 unspecified atom stereocenters. The van der Waals surface area contributed by atoms with Gasteiger partial charge in [0.2, 0.25) is 0 Å². The Morgan fingerprint density at radius 3 is 1.68 bits per heavy atom. The van der Waals surface area contributed by atoms with Gasteiger partial charge in [-0.15, -0.1) is 0 Å². The fourth-order valence-corrected chi connectivity index (χ4v) is 4.20. The van der Waals surface area contributed by atoms with Gasteiger partial charge in [0.25, 0.3) is 0 Å². The Balaban J connectivity index is 2.66. The van der Waals surface area contributed by atoms with Crippen molar-refractivity contribution in [2.45, 2.75) is 35.4 Å². The van der Waals surface area contributed by atoms with Gasteiger partial charge >= 0.3 is 0 Å². The molecule has 2 rings (SSSR count). The second kappa shape index (κ2) is 5.97. The summed E-state index contributed by atoms with van der Waals surface area (Å²) in [5, 5.41) is 3.76. The van der Waals surface area contributed by atoms with Crippen LogP contribution in [-0.4, -0.2) is 94.8 Å². The largest absolute Gasteiger partial charge is 0.467 e. The highest BCUT2D eigenvalue weighted by molar-refractivity contribution is 6.57. The molecule has 1 aliphatic heterocycles. The van der Waals surface area contributed by atoms with Crippen molar-refractivity contribution in [2.75, 3.05) is 0 Å². The van der Waals surface area contributed by atoms with Crippen molar-refractivity contribution in [1.82, 2.24) is 5.32 Å². The first-order valence-electron chi connectivity index (χ1n) is 9.32. The maximum atomic E-state index is 6.17. The summed E-state index contributed by atoms with van der Waals surface area (Å²) in [5.74, 6) is 1.81. The van der Waals surface area contributed by atoms with Crippen LogP contribution in [0.2, 0.25) is 0 Å². The normalized spacial score (nSPS) is 18.6. The van der Waals surface area contributed by atoms with Gasteiger partial charge in [0.05, 0.1) is 0 Å². The van der Waals surface area contributed by atoms with Crippen LogP contribution in [0.4, 0.5) is 0 Å². The molecule has 3 nitrogen and oxygen atoms in total. The molecule has 0 spiro atoms. The molecule has 122 valence electrons. The lowest BCUT2D eigenvalue weighted by atomic mass is 9.35. The van der Waals surface area contributed by atoms with Crippen molar-refractivity contribution in [3.05, 3.63) is 5.56 Å². The third-order valence-electron chi connectivity index (χ3n) is 5.77. The summed E-state index contributed by atoms with van der Waals surface area (Å²) < 4.78 is 12.3. The zero-order valence-electron chi connectivity index (χ0n) is 18.3. The number of hydrogen-bond acceptors (Lipinski definition) is 3. The Hall–Kier alpha value is -0.571. The molecule has 0 amide bonds. The molecule has 0 radical (unpaired) electrons. The van der Waals surface area contributed by atoms with Gasteiger partial charge < -0.3 is 14.8 Å². The van der Waals surface area contributed by atoms with Gasteiger partial charge in [-0.3, -0.25) is 0 Å². The highest BCUT2D eigenvalue weighted by atomic mass is 16.7. The molecule has 0 aromatic heterocycles. The number of rotatable bonds is 4. The van der Waals surface area contributed by atoms with E-state index in [2.05, 4.69) is 81.9 Å². The van der Waals surface area contributed by atoms with Crippen molar-refractivity contribution in [3.8, 4) is 11.5 Å². The van der Waals surface area contributed by atoms with Crippen LogP contribution in [0.25, 0.3) is 0 Å². The van der Waals surface area contributed by atoms with Gasteiger partial charge in [-0.05, 0) is 21.7 Å². The summed E-state index contributed by atoms with van der Waals surface area (Å²) in [6.45, 7) is 4.51. The minimum absolute atomic E-state index is 0.0377. The van der Waals surface area contributed by atoms with Crippen LogP contribution >= 0.6 is 0 Å². The van der Waals surface area contributed by atoms with Crippen LogP contribution in [-0.2, 0) is 5.21 Å². The van der Waals surface area contributed by atoms with E-state index in [4.69, 9.17) is 9.47 Å². The first kappa shape index (κ1) is 20.7. The summed E-state index contributed by atoms with van der Waals surface area (Å²) in [4.78, 5) is 0. The van der Waals surface area contributed by atoms with E-state index in [9.17, 15) is 0 Å². The van der Waals surface area contributed by atoms with E-state index < -0.39 is 5.59 Å². The molecule has 1 aliphatic rings. The topological polar surface area (TPSA) is 30.5 Å². The molecule has 25 heavy (non-hydrogen) atoms. The molecular weight excluding hydrogens is 298 g/mol.